The first kappa shape index (κ1) is 16.2. The number of hydrogen-bond acceptors (Lipinski definition) is 4. The lowest BCUT2D eigenvalue weighted by molar-refractivity contribution is -0.135. The number of carbonyl (C=O) groups is 2. The van der Waals surface area contributed by atoms with Gasteiger partial charge < -0.3 is 14.9 Å². The molecule has 0 spiro atoms. The minimum absolute atomic E-state index is 0.263. The van der Waals surface area contributed by atoms with Gasteiger partial charge in [0, 0.05) is 38.0 Å². The van der Waals surface area contributed by atoms with E-state index in [1.165, 1.54) is 4.90 Å². The zero-order chi connectivity index (χ0) is 17.5. The fraction of sp³-hybridized carbons (Fsp3) is 0.263. The highest BCUT2D eigenvalue weighted by molar-refractivity contribution is 6.10. The van der Waals surface area contributed by atoms with Crippen LogP contribution in [0, 0.1) is 0 Å². The van der Waals surface area contributed by atoms with Crippen LogP contribution in [0.4, 0.5) is 11.4 Å². The second-order valence-corrected chi connectivity index (χ2v) is 6.28. The number of nitrogens with zero attached hydrogens (tertiary/aromatic N) is 2. The van der Waals surface area contributed by atoms with Crippen molar-refractivity contribution in [2.24, 2.45) is 0 Å². The molecule has 5 nitrogen and oxygen atoms in total. The summed E-state index contributed by atoms with van der Waals surface area (Å²) >= 11 is 0. The van der Waals surface area contributed by atoms with Crippen LogP contribution in [-0.2, 0) is 10.4 Å². The van der Waals surface area contributed by atoms with E-state index in [4.69, 9.17) is 0 Å². The number of Topliss-reactive ketones (excluding diaryl/α,β-unsaturated/α-hetero) is 1. The van der Waals surface area contributed by atoms with E-state index in [0.717, 1.165) is 5.69 Å². The zero-order valence-corrected chi connectivity index (χ0v) is 14.0. The smallest absolute Gasteiger partial charge is 0.263 e. The Morgan fingerprint density at radius 2 is 1.75 bits per heavy atom. The van der Waals surface area contributed by atoms with E-state index in [2.05, 4.69) is 0 Å². The van der Waals surface area contributed by atoms with Crippen LogP contribution >= 0.6 is 0 Å². The summed E-state index contributed by atoms with van der Waals surface area (Å²) in [6.07, 6.45) is -0.269. The third kappa shape index (κ3) is 2.47. The van der Waals surface area contributed by atoms with E-state index >= 15 is 0 Å². The van der Waals surface area contributed by atoms with Gasteiger partial charge in [0.25, 0.3) is 5.91 Å². The Balaban J connectivity index is 1.90. The molecule has 124 valence electrons. The van der Waals surface area contributed by atoms with E-state index in [0.29, 0.717) is 16.8 Å². The highest BCUT2D eigenvalue weighted by Gasteiger charge is 2.49. The molecular weight excluding hydrogens is 304 g/mol. The maximum absolute atomic E-state index is 12.6. The average molecular weight is 324 g/mol. The average Bonchev–Trinajstić information content (AvgIpc) is 2.77. The van der Waals surface area contributed by atoms with Crippen molar-refractivity contribution in [1.82, 2.24) is 0 Å². The van der Waals surface area contributed by atoms with Crippen molar-refractivity contribution >= 4 is 23.1 Å². The predicted octanol–water partition coefficient (Wildman–Crippen LogP) is 2.19. The summed E-state index contributed by atoms with van der Waals surface area (Å²) < 4.78 is 0. The highest BCUT2D eigenvalue weighted by Crippen LogP contribution is 2.41. The number of benzene rings is 2. The number of rotatable bonds is 4. The highest BCUT2D eigenvalue weighted by atomic mass is 16.3. The molecule has 1 N–H and O–H groups in total. The fourth-order valence-electron chi connectivity index (χ4n) is 3.07. The Kier molecular flexibility index (Phi) is 3.89. The molecule has 0 radical (unpaired) electrons. The van der Waals surface area contributed by atoms with Crippen molar-refractivity contribution in [1.29, 1.82) is 0 Å². The number of carbonyl (C=O) groups excluding carboxylic acids is 2. The van der Waals surface area contributed by atoms with Gasteiger partial charge in [-0.25, -0.2) is 0 Å². The van der Waals surface area contributed by atoms with Gasteiger partial charge in [-0.1, -0.05) is 18.2 Å². The van der Waals surface area contributed by atoms with Gasteiger partial charge >= 0.3 is 0 Å². The lowest BCUT2D eigenvalue weighted by atomic mass is 9.88. The lowest BCUT2D eigenvalue weighted by Gasteiger charge is -2.21. The van der Waals surface area contributed by atoms with Crippen LogP contribution in [0.2, 0.25) is 0 Å². The van der Waals surface area contributed by atoms with Crippen LogP contribution in [0.25, 0.3) is 0 Å². The van der Waals surface area contributed by atoms with Crippen LogP contribution in [0.15, 0.2) is 48.5 Å². The van der Waals surface area contributed by atoms with Gasteiger partial charge in [-0.3, -0.25) is 9.59 Å². The largest absolute Gasteiger partial charge is 0.378 e. The lowest BCUT2D eigenvalue weighted by Crippen LogP contribution is -2.40. The number of fused-ring (bicyclic) bond motifs is 1. The van der Waals surface area contributed by atoms with Crippen molar-refractivity contribution in [3.63, 3.8) is 0 Å². The number of hydrogen-bond donors (Lipinski definition) is 1. The summed E-state index contributed by atoms with van der Waals surface area (Å²) in [5.74, 6) is -0.733. The van der Waals surface area contributed by atoms with Crippen molar-refractivity contribution < 1.29 is 14.7 Å². The van der Waals surface area contributed by atoms with Crippen LogP contribution in [0.5, 0.6) is 0 Å². The molecule has 0 fully saturated rings. The first-order valence-corrected chi connectivity index (χ1v) is 7.75. The molecule has 2 aromatic carbocycles. The fourth-order valence-corrected chi connectivity index (χ4v) is 3.07. The molecule has 24 heavy (non-hydrogen) atoms. The maximum Gasteiger partial charge on any atom is 0.263 e. The van der Waals surface area contributed by atoms with E-state index in [1.807, 2.05) is 31.1 Å². The Labute approximate surface area is 141 Å². The van der Waals surface area contributed by atoms with E-state index in [-0.39, 0.29) is 12.2 Å². The minimum atomic E-state index is -1.80. The molecule has 0 aliphatic carbocycles. The second kappa shape index (κ2) is 5.76. The van der Waals surface area contributed by atoms with Crippen molar-refractivity contribution in [3.05, 3.63) is 59.7 Å². The third-order valence-corrected chi connectivity index (χ3v) is 4.49. The molecule has 0 unspecified atom stereocenters. The number of para-hydroxylation sites is 1. The van der Waals surface area contributed by atoms with Gasteiger partial charge in [0.1, 0.15) is 0 Å². The molecule has 5 heteroatoms. The summed E-state index contributed by atoms with van der Waals surface area (Å²) in [6, 6.07) is 14.1. The number of ketones is 1. The zero-order valence-electron chi connectivity index (χ0n) is 14.0. The molecule has 0 saturated carbocycles. The summed E-state index contributed by atoms with van der Waals surface area (Å²) in [4.78, 5) is 28.5. The monoisotopic (exact) mass is 324 g/mol. The van der Waals surface area contributed by atoms with E-state index in [1.54, 1.807) is 43.4 Å². The molecule has 2 aromatic rings. The summed E-state index contributed by atoms with van der Waals surface area (Å²) in [5.41, 5.74) is 0.778. The minimum Gasteiger partial charge on any atom is -0.378 e. The molecule has 0 aromatic heterocycles. The Hall–Kier alpha value is -2.66. The maximum atomic E-state index is 12.6. The Morgan fingerprint density at radius 3 is 2.38 bits per heavy atom. The number of aliphatic hydroxyl groups is 1. The quantitative estimate of drug-likeness (QED) is 0.876. The van der Waals surface area contributed by atoms with Gasteiger partial charge in [-0.2, -0.15) is 0 Å². The van der Waals surface area contributed by atoms with Crippen molar-refractivity contribution in [2.45, 2.75) is 12.0 Å². The normalized spacial score (nSPS) is 19.3. The molecular formula is C19H20N2O3. The first-order chi connectivity index (χ1) is 11.3. The van der Waals surface area contributed by atoms with E-state index in [9.17, 15) is 14.7 Å². The SMILES string of the molecule is CN(C)c1ccc(C(=O)C[C@@]2(O)C(=O)N(C)c3ccccc32)cc1. The van der Waals surface area contributed by atoms with Crippen molar-refractivity contribution in [2.75, 3.05) is 30.9 Å². The van der Waals surface area contributed by atoms with Crippen LogP contribution in [0.1, 0.15) is 22.3 Å². The Morgan fingerprint density at radius 1 is 1.12 bits per heavy atom. The summed E-state index contributed by atoms with van der Waals surface area (Å²) in [5, 5.41) is 10.9. The molecule has 1 aliphatic heterocycles. The molecule has 0 bridgehead atoms. The predicted molar refractivity (Wildman–Crippen MR) is 93.5 cm³/mol. The molecule has 1 heterocycles. The van der Waals surface area contributed by atoms with Crippen LogP contribution in [-0.4, -0.2) is 37.9 Å². The molecule has 1 aliphatic rings. The molecule has 1 amide bonds. The van der Waals surface area contributed by atoms with Gasteiger partial charge in [-0.15, -0.1) is 0 Å². The van der Waals surface area contributed by atoms with Gasteiger partial charge in [-0.05, 0) is 30.3 Å². The number of amides is 1. The van der Waals surface area contributed by atoms with Crippen LogP contribution < -0.4 is 9.80 Å². The summed E-state index contributed by atoms with van der Waals surface area (Å²) in [6.45, 7) is 0. The number of likely N-dealkylation sites (N-methyl/N-ethyl adjacent to an activating group) is 1. The topological polar surface area (TPSA) is 60.9 Å². The van der Waals surface area contributed by atoms with Gasteiger partial charge in [0.15, 0.2) is 11.4 Å². The third-order valence-electron chi connectivity index (χ3n) is 4.49. The standard InChI is InChI=1S/C19H20N2O3/c1-20(2)14-10-8-13(9-11-14)17(22)12-19(24)15-6-4-5-7-16(15)21(3)18(19)23/h4-11,24H,12H2,1-3H3/t19-/m0/s1. The summed E-state index contributed by atoms with van der Waals surface area (Å²) in [7, 11) is 5.45. The molecule has 1 atom stereocenters. The molecule has 3 rings (SSSR count). The number of anilines is 2. The second-order valence-electron chi connectivity index (χ2n) is 6.28. The van der Waals surface area contributed by atoms with Crippen LogP contribution in [0.3, 0.4) is 0 Å². The first-order valence-electron chi connectivity index (χ1n) is 7.75. The van der Waals surface area contributed by atoms with Gasteiger partial charge in [0.05, 0.1) is 12.1 Å². The van der Waals surface area contributed by atoms with Crippen molar-refractivity contribution in [3.8, 4) is 0 Å². The molecule has 0 saturated heterocycles. The Bertz CT molecular complexity index is 799. The van der Waals surface area contributed by atoms with E-state index < -0.39 is 11.5 Å². The van der Waals surface area contributed by atoms with Gasteiger partial charge in [0.2, 0.25) is 0 Å².